The molecule has 0 spiro atoms. The van der Waals surface area contributed by atoms with Crippen LogP contribution in [0.2, 0.25) is 0 Å². The minimum absolute atomic E-state index is 0.247. The van der Waals surface area contributed by atoms with Crippen molar-refractivity contribution >= 4 is 5.82 Å². The summed E-state index contributed by atoms with van der Waals surface area (Å²) in [6, 6.07) is 14.0. The molecule has 2 N–H and O–H groups in total. The maximum Gasteiger partial charge on any atom is 0.142 e. The molecule has 3 aromatic rings. The molecule has 0 radical (unpaired) electrons. The van der Waals surface area contributed by atoms with E-state index in [9.17, 15) is 5.26 Å². The number of nitrogens with zero attached hydrogens (tertiary/aromatic N) is 3. The van der Waals surface area contributed by atoms with Crippen molar-refractivity contribution in [3.63, 3.8) is 0 Å². The maximum atomic E-state index is 9.43. The lowest BCUT2D eigenvalue weighted by Crippen LogP contribution is -2.00. The highest BCUT2D eigenvalue weighted by atomic mass is 14.8. The van der Waals surface area contributed by atoms with Gasteiger partial charge < -0.3 is 5.73 Å². The molecule has 0 bridgehead atoms. The average molecular weight is 300 g/mol. The number of nitrogens with two attached hydrogens (primary N) is 1. The van der Waals surface area contributed by atoms with Gasteiger partial charge in [0, 0.05) is 23.5 Å². The van der Waals surface area contributed by atoms with Gasteiger partial charge in [0.25, 0.3) is 0 Å². The molecular formula is C19H16N4. The first-order valence-electron chi connectivity index (χ1n) is 7.29. The van der Waals surface area contributed by atoms with Crippen LogP contribution in [0.4, 0.5) is 5.82 Å². The van der Waals surface area contributed by atoms with Crippen molar-refractivity contribution in [2.24, 2.45) is 0 Å². The minimum Gasteiger partial charge on any atom is -0.383 e. The van der Waals surface area contributed by atoms with Crippen molar-refractivity contribution in [3.05, 3.63) is 65.5 Å². The number of hydrogen-bond acceptors (Lipinski definition) is 4. The Balaban J connectivity index is 2.25. The van der Waals surface area contributed by atoms with Crippen LogP contribution in [0.25, 0.3) is 22.4 Å². The van der Waals surface area contributed by atoms with Gasteiger partial charge in [0.15, 0.2) is 0 Å². The van der Waals surface area contributed by atoms with Crippen LogP contribution in [0, 0.1) is 25.2 Å². The summed E-state index contributed by atoms with van der Waals surface area (Å²) >= 11 is 0. The molecule has 2 aromatic heterocycles. The Morgan fingerprint density at radius 3 is 2.39 bits per heavy atom. The molecule has 0 saturated carbocycles. The van der Waals surface area contributed by atoms with Crippen molar-refractivity contribution in [1.82, 2.24) is 9.97 Å². The van der Waals surface area contributed by atoms with Crippen LogP contribution in [-0.2, 0) is 0 Å². The first kappa shape index (κ1) is 14.7. The van der Waals surface area contributed by atoms with E-state index in [4.69, 9.17) is 5.73 Å². The van der Waals surface area contributed by atoms with E-state index in [-0.39, 0.29) is 5.82 Å². The molecule has 0 fully saturated rings. The smallest absolute Gasteiger partial charge is 0.142 e. The fourth-order valence-electron chi connectivity index (χ4n) is 2.68. The van der Waals surface area contributed by atoms with Crippen molar-refractivity contribution in [2.75, 3.05) is 5.73 Å². The summed E-state index contributed by atoms with van der Waals surface area (Å²) in [6.07, 6.45) is 3.40. The third kappa shape index (κ3) is 2.77. The predicted octanol–water partition coefficient (Wildman–Crippen LogP) is 3.88. The summed E-state index contributed by atoms with van der Waals surface area (Å²) in [6.45, 7) is 4.10. The van der Waals surface area contributed by atoms with Crippen molar-refractivity contribution in [1.29, 1.82) is 5.26 Å². The standard InChI is InChI=1S/C19H16N4/c1-12-3-4-15(13(2)9-12)18-10-16(14-5-7-22-8-6-14)17(11-20)19(21)23-18/h3-10H,1-2H3,(H2,21,23). The largest absolute Gasteiger partial charge is 0.383 e. The number of benzene rings is 1. The lowest BCUT2D eigenvalue weighted by Gasteiger charge is -2.12. The predicted molar refractivity (Wildman–Crippen MR) is 91.5 cm³/mol. The monoisotopic (exact) mass is 300 g/mol. The second-order valence-electron chi connectivity index (χ2n) is 5.48. The number of pyridine rings is 2. The van der Waals surface area contributed by atoms with Gasteiger partial charge in [0.2, 0.25) is 0 Å². The number of anilines is 1. The van der Waals surface area contributed by atoms with Gasteiger partial charge in [0.1, 0.15) is 17.5 Å². The highest BCUT2D eigenvalue weighted by Gasteiger charge is 2.14. The van der Waals surface area contributed by atoms with E-state index in [0.717, 1.165) is 27.9 Å². The topological polar surface area (TPSA) is 75.6 Å². The third-order valence-corrected chi connectivity index (χ3v) is 3.81. The van der Waals surface area contributed by atoms with Crippen LogP contribution in [-0.4, -0.2) is 9.97 Å². The third-order valence-electron chi connectivity index (χ3n) is 3.81. The van der Waals surface area contributed by atoms with Gasteiger partial charge in [-0.2, -0.15) is 5.26 Å². The van der Waals surface area contributed by atoms with E-state index < -0.39 is 0 Å². The molecule has 4 heteroatoms. The summed E-state index contributed by atoms with van der Waals surface area (Å²) in [7, 11) is 0. The summed E-state index contributed by atoms with van der Waals surface area (Å²) in [5, 5.41) is 9.43. The van der Waals surface area contributed by atoms with Gasteiger partial charge in [-0.3, -0.25) is 4.98 Å². The fraction of sp³-hybridized carbons (Fsp3) is 0.105. The zero-order chi connectivity index (χ0) is 16.4. The van der Waals surface area contributed by atoms with Gasteiger partial charge in [-0.1, -0.05) is 23.8 Å². The van der Waals surface area contributed by atoms with Gasteiger partial charge in [-0.25, -0.2) is 4.98 Å². The molecule has 0 atom stereocenters. The van der Waals surface area contributed by atoms with E-state index in [1.165, 1.54) is 5.56 Å². The van der Waals surface area contributed by atoms with Crippen molar-refractivity contribution in [3.8, 4) is 28.5 Å². The molecule has 3 rings (SSSR count). The Labute approximate surface area is 135 Å². The van der Waals surface area contributed by atoms with E-state index >= 15 is 0 Å². The Bertz CT molecular complexity index is 909. The summed E-state index contributed by atoms with van der Waals surface area (Å²) < 4.78 is 0. The number of nitriles is 1. The molecular weight excluding hydrogens is 284 g/mol. The second-order valence-corrected chi connectivity index (χ2v) is 5.48. The van der Waals surface area contributed by atoms with Gasteiger partial charge in [0.05, 0.1) is 5.69 Å². The average Bonchev–Trinajstić information content (AvgIpc) is 2.55. The number of rotatable bonds is 2. The quantitative estimate of drug-likeness (QED) is 0.779. The van der Waals surface area contributed by atoms with Gasteiger partial charge in [-0.15, -0.1) is 0 Å². The lowest BCUT2D eigenvalue weighted by molar-refractivity contribution is 1.28. The summed E-state index contributed by atoms with van der Waals surface area (Å²) in [4.78, 5) is 8.45. The molecule has 0 aliphatic carbocycles. The molecule has 0 aliphatic rings. The maximum absolute atomic E-state index is 9.43. The highest BCUT2D eigenvalue weighted by molar-refractivity contribution is 5.80. The molecule has 0 amide bonds. The first-order valence-corrected chi connectivity index (χ1v) is 7.29. The summed E-state index contributed by atoms with van der Waals surface area (Å²) in [5.74, 6) is 0.247. The Morgan fingerprint density at radius 1 is 1.00 bits per heavy atom. The van der Waals surface area contributed by atoms with E-state index in [1.807, 2.05) is 37.3 Å². The summed E-state index contributed by atoms with van der Waals surface area (Å²) in [5.41, 5.74) is 12.2. The van der Waals surface area contributed by atoms with Gasteiger partial charge in [-0.05, 0) is 43.2 Å². The Hall–Kier alpha value is -3.19. The second kappa shape index (κ2) is 5.90. The van der Waals surface area contributed by atoms with Gasteiger partial charge >= 0.3 is 0 Å². The van der Waals surface area contributed by atoms with Crippen LogP contribution in [0.1, 0.15) is 16.7 Å². The zero-order valence-electron chi connectivity index (χ0n) is 13.0. The van der Waals surface area contributed by atoms with E-state index in [0.29, 0.717) is 5.56 Å². The number of hydrogen-bond donors (Lipinski definition) is 1. The molecule has 0 saturated heterocycles. The molecule has 0 unspecified atom stereocenters. The molecule has 112 valence electrons. The van der Waals surface area contributed by atoms with Crippen molar-refractivity contribution in [2.45, 2.75) is 13.8 Å². The zero-order valence-corrected chi connectivity index (χ0v) is 13.0. The molecule has 23 heavy (non-hydrogen) atoms. The van der Waals surface area contributed by atoms with E-state index in [2.05, 4.69) is 29.0 Å². The normalized spacial score (nSPS) is 10.3. The number of nitrogen functional groups attached to an aromatic ring is 1. The lowest BCUT2D eigenvalue weighted by atomic mass is 9.97. The Morgan fingerprint density at radius 2 is 1.74 bits per heavy atom. The minimum atomic E-state index is 0.247. The molecule has 4 nitrogen and oxygen atoms in total. The van der Waals surface area contributed by atoms with Crippen LogP contribution in [0.5, 0.6) is 0 Å². The van der Waals surface area contributed by atoms with Crippen LogP contribution < -0.4 is 5.73 Å². The fourth-order valence-corrected chi connectivity index (χ4v) is 2.68. The molecule has 0 aliphatic heterocycles. The first-order chi connectivity index (χ1) is 11.1. The number of aryl methyl sites for hydroxylation is 2. The molecule has 1 aromatic carbocycles. The van der Waals surface area contributed by atoms with Crippen LogP contribution >= 0.6 is 0 Å². The molecule has 2 heterocycles. The van der Waals surface area contributed by atoms with Crippen LogP contribution in [0.15, 0.2) is 48.8 Å². The van der Waals surface area contributed by atoms with Crippen molar-refractivity contribution < 1.29 is 0 Å². The number of aromatic nitrogens is 2. The van der Waals surface area contributed by atoms with Crippen LogP contribution in [0.3, 0.4) is 0 Å². The SMILES string of the molecule is Cc1ccc(-c2cc(-c3ccncc3)c(C#N)c(N)n2)c(C)c1. The highest BCUT2D eigenvalue weighted by Crippen LogP contribution is 2.32. The Kier molecular flexibility index (Phi) is 3.78. The van der Waals surface area contributed by atoms with E-state index in [1.54, 1.807) is 12.4 Å².